The van der Waals surface area contributed by atoms with E-state index in [1.807, 2.05) is 43.5 Å². The Bertz CT molecular complexity index is 621. The number of para-hydroxylation sites is 1. The van der Waals surface area contributed by atoms with E-state index >= 15 is 0 Å². The fourth-order valence-corrected chi connectivity index (χ4v) is 2.77. The molecule has 1 aliphatic heterocycles. The first kappa shape index (κ1) is 13.7. The van der Waals surface area contributed by atoms with Gasteiger partial charge in [0.05, 0.1) is 5.69 Å². The summed E-state index contributed by atoms with van der Waals surface area (Å²) in [5, 5.41) is 13.5. The van der Waals surface area contributed by atoms with Crippen LogP contribution in [0.3, 0.4) is 0 Å². The average molecular weight is 283 g/mol. The van der Waals surface area contributed by atoms with Crippen molar-refractivity contribution in [1.29, 1.82) is 0 Å². The summed E-state index contributed by atoms with van der Waals surface area (Å²) in [6, 6.07) is 9.82. The van der Waals surface area contributed by atoms with Crippen LogP contribution in [-0.4, -0.2) is 23.2 Å². The molecule has 0 aliphatic carbocycles. The van der Waals surface area contributed by atoms with Crippen LogP contribution in [-0.2, 0) is 6.54 Å². The second kappa shape index (κ2) is 6.04. The van der Waals surface area contributed by atoms with Crippen molar-refractivity contribution in [3.05, 3.63) is 47.7 Å². The van der Waals surface area contributed by atoms with Gasteiger partial charge in [-0.15, -0.1) is 0 Å². The van der Waals surface area contributed by atoms with Crippen molar-refractivity contribution in [3.8, 4) is 5.75 Å². The minimum atomic E-state index is 0.372. The van der Waals surface area contributed by atoms with Gasteiger partial charge in [-0.05, 0) is 37.5 Å². The van der Waals surface area contributed by atoms with Crippen molar-refractivity contribution in [2.24, 2.45) is 0 Å². The Labute approximate surface area is 125 Å². The Morgan fingerprint density at radius 1 is 1.19 bits per heavy atom. The standard InChI is InChI=1S/C17H21N3O/c1-13-6-4-7-14(16(13)21)12-19-15-8-5-9-18-17(15)20-10-2-3-11-20/h4-9,19,21H,2-3,10-12H2,1H3. The number of aromatic nitrogens is 1. The molecule has 0 atom stereocenters. The molecule has 110 valence electrons. The fourth-order valence-electron chi connectivity index (χ4n) is 2.77. The molecule has 1 aromatic carbocycles. The Balaban J connectivity index is 1.77. The number of aryl methyl sites for hydroxylation is 1. The van der Waals surface area contributed by atoms with Crippen LogP contribution in [0.4, 0.5) is 11.5 Å². The van der Waals surface area contributed by atoms with Gasteiger partial charge in [-0.2, -0.15) is 0 Å². The van der Waals surface area contributed by atoms with Crippen molar-refractivity contribution in [2.45, 2.75) is 26.3 Å². The molecule has 1 fully saturated rings. The molecule has 2 aromatic rings. The molecule has 1 aromatic heterocycles. The van der Waals surface area contributed by atoms with Crippen molar-refractivity contribution in [1.82, 2.24) is 4.98 Å². The van der Waals surface area contributed by atoms with Gasteiger partial charge in [-0.25, -0.2) is 4.98 Å². The van der Waals surface area contributed by atoms with Gasteiger partial charge in [0.2, 0.25) is 0 Å². The number of anilines is 2. The van der Waals surface area contributed by atoms with Crippen LogP contribution in [0.15, 0.2) is 36.5 Å². The quantitative estimate of drug-likeness (QED) is 0.904. The van der Waals surface area contributed by atoms with Crippen LogP contribution in [0.5, 0.6) is 5.75 Å². The van der Waals surface area contributed by atoms with Gasteiger partial charge in [0.25, 0.3) is 0 Å². The van der Waals surface area contributed by atoms with E-state index in [-0.39, 0.29) is 0 Å². The summed E-state index contributed by atoms with van der Waals surface area (Å²) >= 11 is 0. The van der Waals surface area contributed by atoms with E-state index in [2.05, 4.69) is 15.2 Å². The summed E-state index contributed by atoms with van der Waals surface area (Å²) < 4.78 is 0. The molecular weight excluding hydrogens is 262 g/mol. The van der Waals surface area contributed by atoms with Crippen LogP contribution in [0, 0.1) is 6.92 Å². The van der Waals surface area contributed by atoms with E-state index < -0.39 is 0 Å². The number of hydrogen-bond donors (Lipinski definition) is 2. The van der Waals surface area contributed by atoms with Crippen LogP contribution >= 0.6 is 0 Å². The number of benzene rings is 1. The summed E-state index contributed by atoms with van der Waals surface area (Å²) in [5.74, 6) is 1.39. The van der Waals surface area contributed by atoms with Gasteiger partial charge in [-0.3, -0.25) is 0 Å². The fraction of sp³-hybridized carbons (Fsp3) is 0.353. The Morgan fingerprint density at radius 2 is 2.00 bits per heavy atom. The van der Waals surface area contributed by atoms with E-state index in [4.69, 9.17) is 0 Å². The number of aromatic hydroxyl groups is 1. The van der Waals surface area contributed by atoms with E-state index in [0.717, 1.165) is 35.7 Å². The SMILES string of the molecule is Cc1cccc(CNc2cccnc2N2CCCC2)c1O. The molecule has 21 heavy (non-hydrogen) atoms. The highest BCUT2D eigenvalue weighted by Gasteiger charge is 2.16. The third-order valence-corrected chi connectivity index (χ3v) is 3.98. The third-order valence-electron chi connectivity index (χ3n) is 3.98. The lowest BCUT2D eigenvalue weighted by Gasteiger charge is -2.20. The van der Waals surface area contributed by atoms with Gasteiger partial charge >= 0.3 is 0 Å². The molecule has 4 nitrogen and oxygen atoms in total. The number of hydrogen-bond acceptors (Lipinski definition) is 4. The van der Waals surface area contributed by atoms with E-state index in [1.165, 1.54) is 12.8 Å². The number of rotatable bonds is 4. The van der Waals surface area contributed by atoms with Crippen molar-refractivity contribution >= 4 is 11.5 Å². The first-order chi connectivity index (χ1) is 10.3. The summed E-state index contributed by atoms with van der Waals surface area (Å²) in [4.78, 5) is 6.83. The Kier molecular flexibility index (Phi) is 3.95. The van der Waals surface area contributed by atoms with E-state index in [9.17, 15) is 5.11 Å². The van der Waals surface area contributed by atoms with Crippen LogP contribution < -0.4 is 10.2 Å². The van der Waals surface area contributed by atoms with Gasteiger partial charge in [-0.1, -0.05) is 18.2 Å². The maximum Gasteiger partial charge on any atom is 0.151 e. The summed E-state index contributed by atoms with van der Waals surface area (Å²) in [5.41, 5.74) is 2.84. The number of phenols is 1. The predicted molar refractivity (Wildman–Crippen MR) is 85.9 cm³/mol. The third kappa shape index (κ3) is 2.94. The van der Waals surface area contributed by atoms with Gasteiger partial charge in [0.1, 0.15) is 5.75 Å². The number of pyridine rings is 1. The number of phenolic OH excluding ortho intramolecular Hbond substituents is 1. The second-order valence-corrected chi connectivity index (χ2v) is 5.50. The molecule has 1 saturated heterocycles. The zero-order chi connectivity index (χ0) is 14.7. The summed E-state index contributed by atoms with van der Waals surface area (Å²) in [6.07, 6.45) is 4.30. The lowest BCUT2D eigenvalue weighted by atomic mass is 10.1. The summed E-state index contributed by atoms with van der Waals surface area (Å²) in [7, 11) is 0. The van der Waals surface area contributed by atoms with Crippen molar-refractivity contribution in [2.75, 3.05) is 23.3 Å². The monoisotopic (exact) mass is 283 g/mol. The molecule has 2 heterocycles. The highest BCUT2D eigenvalue weighted by Crippen LogP contribution is 2.28. The molecule has 0 spiro atoms. The van der Waals surface area contributed by atoms with E-state index in [1.54, 1.807) is 0 Å². The smallest absolute Gasteiger partial charge is 0.151 e. The second-order valence-electron chi connectivity index (χ2n) is 5.50. The molecule has 1 aliphatic rings. The van der Waals surface area contributed by atoms with Crippen LogP contribution in [0.25, 0.3) is 0 Å². The Hall–Kier alpha value is -2.23. The highest BCUT2D eigenvalue weighted by atomic mass is 16.3. The summed E-state index contributed by atoms with van der Waals surface area (Å²) in [6.45, 7) is 4.65. The molecule has 0 radical (unpaired) electrons. The average Bonchev–Trinajstić information content (AvgIpc) is 3.03. The van der Waals surface area contributed by atoms with Crippen LogP contribution in [0.1, 0.15) is 24.0 Å². The maximum atomic E-state index is 10.1. The molecule has 3 rings (SSSR count). The molecule has 0 unspecified atom stereocenters. The van der Waals surface area contributed by atoms with Gasteiger partial charge in [0.15, 0.2) is 5.82 Å². The van der Waals surface area contributed by atoms with Crippen LogP contribution in [0.2, 0.25) is 0 Å². The molecule has 0 amide bonds. The lowest BCUT2D eigenvalue weighted by Crippen LogP contribution is -2.20. The molecule has 2 N–H and O–H groups in total. The van der Waals surface area contributed by atoms with E-state index in [0.29, 0.717) is 12.3 Å². The molecular formula is C17H21N3O. The first-order valence-corrected chi connectivity index (χ1v) is 7.47. The Morgan fingerprint density at radius 3 is 2.81 bits per heavy atom. The lowest BCUT2D eigenvalue weighted by molar-refractivity contribution is 0.465. The number of nitrogens with zero attached hydrogens (tertiary/aromatic N) is 2. The topological polar surface area (TPSA) is 48.4 Å². The number of nitrogens with one attached hydrogen (secondary N) is 1. The van der Waals surface area contributed by atoms with Crippen molar-refractivity contribution < 1.29 is 5.11 Å². The molecule has 4 heteroatoms. The largest absolute Gasteiger partial charge is 0.507 e. The van der Waals surface area contributed by atoms with Gasteiger partial charge < -0.3 is 15.3 Å². The van der Waals surface area contributed by atoms with Gasteiger partial charge in [0, 0.05) is 31.4 Å². The normalized spacial score (nSPS) is 14.4. The maximum absolute atomic E-state index is 10.1. The first-order valence-electron chi connectivity index (χ1n) is 7.47. The molecule has 0 saturated carbocycles. The zero-order valence-electron chi connectivity index (χ0n) is 12.3. The highest BCUT2D eigenvalue weighted by molar-refractivity contribution is 5.66. The molecule has 0 bridgehead atoms. The minimum Gasteiger partial charge on any atom is -0.507 e. The minimum absolute atomic E-state index is 0.372. The predicted octanol–water partition coefficient (Wildman–Crippen LogP) is 3.31. The van der Waals surface area contributed by atoms with Crippen molar-refractivity contribution in [3.63, 3.8) is 0 Å². The zero-order valence-corrected chi connectivity index (χ0v) is 12.3.